The fraction of sp³-hybridized carbons (Fsp3) is 0.450. The second kappa shape index (κ2) is 10.3. The van der Waals surface area contributed by atoms with Gasteiger partial charge in [-0.2, -0.15) is 0 Å². The molecule has 0 fully saturated rings. The van der Waals surface area contributed by atoms with Crippen molar-refractivity contribution in [3.8, 4) is 0 Å². The molecule has 0 N–H and O–H groups in total. The summed E-state index contributed by atoms with van der Waals surface area (Å²) >= 11 is 6.08. The van der Waals surface area contributed by atoms with E-state index in [9.17, 15) is 4.79 Å². The summed E-state index contributed by atoms with van der Waals surface area (Å²) in [6.07, 6.45) is 4.35. The number of hydrogen-bond acceptors (Lipinski definition) is 2. The van der Waals surface area contributed by atoms with Crippen LogP contribution in [-0.4, -0.2) is 35.6 Å². The minimum Gasteiger partial charge on any atom is -0.385 e. The van der Waals surface area contributed by atoms with E-state index in [1.54, 1.807) is 7.11 Å². The average Bonchev–Trinajstić information content (AvgIpc) is 3.01. The minimum atomic E-state index is 0.203. The van der Waals surface area contributed by atoms with Crippen molar-refractivity contribution in [3.05, 3.63) is 58.9 Å². The first kappa shape index (κ1) is 19.5. The van der Waals surface area contributed by atoms with Gasteiger partial charge in [-0.05, 0) is 42.7 Å². The normalized spacial score (nSPS) is 10.8. The Morgan fingerprint density at radius 2 is 2.12 bits per heavy atom. The van der Waals surface area contributed by atoms with Crippen LogP contribution in [0.3, 0.4) is 0 Å². The van der Waals surface area contributed by atoms with E-state index in [-0.39, 0.29) is 5.91 Å². The van der Waals surface area contributed by atoms with Gasteiger partial charge < -0.3 is 14.2 Å². The molecular weight excluding hydrogens is 336 g/mol. The summed E-state index contributed by atoms with van der Waals surface area (Å²) < 4.78 is 7.30. The Morgan fingerprint density at radius 3 is 2.84 bits per heavy atom. The highest BCUT2D eigenvalue weighted by Crippen LogP contribution is 2.15. The van der Waals surface area contributed by atoms with Gasteiger partial charge in [-0.1, -0.05) is 30.7 Å². The van der Waals surface area contributed by atoms with Crippen LogP contribution in [0.25, 0.3) is 0 Å². The molecule has 4 nitrogen and oxygen atoms in total. The Labute approximate surface area is 155 Å². The Kier molecular flexibility index (Phi) is 8.02. The van der Waals surface area contributed by atoms with E-state index in [1.807, 2.05) is 42.3 Å². The number of carbonyl (C=O) groups is 1. The molecule has 0 aliphatic heterocycles. The standard InChI is InChI=1S/C20H27ClN2O2/c1-3-7-20(24)23(12-6-13-25-2)16-19-10-5-11-22(19)15-17-8-4-9-18(21)14-17/h4-5,8-11,14H,3,6-7,12-13,15-16H2,1-2H3. The van der Waals surface area contributed by atoms with Crippen molar-refractivity contribution in [1.29, 1.82) is 0 Å². The minimum absolute atomic E-state index is 0.203. The van der Waals surface area contributed by atoms with Crippen LogP contribution in [0.4, 0.5) is 0 Å². The molecule has 0 unspecified atom stereocenters. The van der Waals surface area contributed by atoms with Crippen molar-refractivity contribution in [2.24, 2.45) is 0 Å². The van der Waals surface area contributed by atoms with Gasteiger partial charge in [0.05, 0.1) is 6.54 Å². The van der Waals surface area contributed by atoms with Crippen LogP contribution in [0.2, 0.25) is 5.02 Å². The van der Waals surface area contributed by atoms with Gasteiger partial charge in [0.25, 0.3) is 0 Å². The maximum atomic E-state index is 12.4. The largest absolute Gasteiger partial charge is 0.385 e. The summed E-state index contributed by atoms with van der Waals surface area (Å²) in [7, 11) is 1.69. The zero-order chi connectivity index (χ0) is 18.1. The van der Waals surface area contributed by atoms with E-state index in [0.717, 1.165) is 42.2 Å². The summed E-state index contributed by atoms with van der Waals surface area (Å²) in [5.74, 6) is 0.203. The van der Waals surface area contributed by atoms with E-state index in [4.69, 9.17) is 16.3 Å². The van der Waals surface area contributed by atoms with E-state index in [1.165, 1.54) is 0 Å². The molecule has 2 aromatic rings. The van der Waals surface area contributed by atoms with Gasteiger partial charge in [0, 0.05) is 50.1 Å². The Bertz CT molecular complexity index is 669. The molecule has 5 heteroatoms. The van der Waals surface area contributed by atoms with Crippen LogP contribution in [0, 0.1) is 0 Å². The fourth-order valence-electron chi connectivity index (χ4n) is 2.84. The highest BCUT2D eigenvalue weighted by atomic mass is 35.5. The van der Waals surface area contributed by atoms with Crippen molar-refractivity contribution in [1.82, 2.24) is 9.47 Å². The number of carbonyl (C=O) groups excluding carboxylic acids is 1. The third-order valence-electron chi connectivity index (χ3n) is 4.11. The molecular formula is C20H27ClN2O2. The monoisotopic (exact) mass is 362 g/mol. The summed E-state index contributed by atoms with van der Waals surface area (Å²) in [4.78, 5) is 14.4. The van der Waals surface area contributed by atoms with Gasteiger partial charge in [0.15, 0.2) is 0 Å². The summed E-state index contributed by atoms with van der Waals surface area (Å²) in [5, 5.41) is 0.741. The van der Waals surface area contributed by atoms with Gasteiger partial charge in [-0.15, -0.1) is 0 Å². The van der Waals surface area contributed by atoms with E-state index in [0.29, 0.717) is 19.6 Å². The first-order chi connectivity index (χ1) is 12.1. The quantitative estimate of drug-likeness (QED) is 0.589. The van der Waals surface area contributed by atoms with E-state index >= 15 is 0 Å². The van der Waals surface area contributed by atoms with E-state index < -0.39 is 0 Å². The van der Waals surface area contributed by atoms with Crippen LogP contribution in [0.1, 0.15) is 37.4 Å². The molecule has 25 heavy (non-hydrogen) atoms. The zero-order valence-corrected chi connectivity index (χ0v) is 15.8. The van der Waals surface area contributed by atoms with Crippen molar-refractivity contribution in [3.63, 3.8) is 0 Å². The third kappa shape index (κ3) is 6.22. The lowest BCUT2D eigenvalue weighted by Crippen LogP contribution is -2.32. The Hall–Kier alpha value is -1.78. The van der Waals surface area contributed by atoms with Crippen LogP contribution in [-0.2, 0) is 22.6 Å². The fourth-order valence-corrected chi connectivity index (χ4v) is 3.05. The van der Waals surface area contributed by atoms with Crippen LogP contribution < -0.4 is 0 Å². The van der Waals surface area contributed by atoms with Crippen LogP contribution >= 0.6 is 11.6 Å². The molecule has 0 atom stereocenters. The van der Waals surface area contributed by atoms with Gasteiger partial charge >= 0.3 is 0 Å². The zero-order valence-electron chi connectivity index (χ0n) is 15.1. The average molecular weight is 363 g/mol. The molecule has 0 saturated carbocycles. The lowest BCUT2D eigenvalue weighted by atomic mass is 10.2. The molecule has 1 aromatic carbocycles. The number of halogens is 1. The number of amides is 1. The molecule has 0 aliphatic carbocycles. The van der Waals surface area contributed by atoms with Crippen molar-refractivity contribution >= 4 is 17.5 Å². The number of nitrogens with zero attached hydrogens (tertiary/aromatic N) is 2. The lowest BCUT2D eigenvalue weighted by molar-refractivity contribution is -0.132. The maximum Gasteiger partial charge on any atom is 0.222 e. The van der Waals surface area contributed by atoms with Crippen LogP contribution in [0.5, 0.6) is 0 Å². The third-order valence-corrected chi connectivity index (χ3v) is 4.35. The number of methoxy groups -OCH3 is 1. The molecule has 0 aliphatic rings. The molecule has 0 radical (unpaired) electrons. The second-order valence-corrected chi connectivity index (χ2v) is 6.61. The van der Waals surface area contributed by atoms with Crippen molar-refractivity contribution < 1.29 is 9.53 Å². The SMILES string of the molecule is CCCC(=O)N(CCCOC)Cc1cccn1Cc1cccc(Cl)c1. The maximum absolute atomic E-state index is 12.4. The van der Waals surface area contributed by atoms with Gasteiger partial charge in [0.1, 0.15) is 0 Å². The lowest BCUT2D eigenvalue weighted by Gasteiger charge is -2.23. The Balaban J connectivity index is 2.08. The first-order valence-electron chi connectivity index (χ1n) is 8.79. The van der Waals surface area contributed by atoms with Gasteiger partial charge in [-0.25, -0.2) is 0 Å². The number of aromatic nitrogens is 1. The van der Waals surface area contributed by atoms with Gasteiger partial charge in [-0.3, -0.25) is 4.79 Å². The Morgan fingerprint density at radius 1 is 1.28 bits per heavy atom. The molecule has 1 aromatic heterocycles. The predicted molar refractivity (Wildman–Crippen MR) is 102 cm³/mol. The molecule has 2 rings (SSSR count). The van der Waals surface area contributed by atoms with Crippen molar-refractivity contribution in [2.75, 3.05) is 20.3 Å². The number of rotatable bonds is 10. The molecule has 136 valence electrons. The topological polar surface area (TPSA) is 34.5 Å². The molecule has 1 heterocycles. The second-order valence-electron chi connectivity index (χ2n) is 6.17. The number of ether oxygens (including phenoxy) is 1. The summed E-state index contributed by atoms with van der Waals surface area (Å²) in [5.41, 5.74) is 2.28. The smallest absolute Gasteiger partial charge is 0.222 e. The van der Waals surface area contributed by atoms with Gasteiger partial charge in [0.2, 0.25) is 5.91 Å². The summed E-state index contributed by atoms with van der Waals surface area (Å²) in [6, 6.07) is 12.0. The number of benzene rings is 1. The molecule has 0 spiro atoms. The van der Waals surface area contributed by atoms with E-state index in [2.05, 4.69) is 16.7 Å². The van der Waals surface area contributed by atoms with Crippen molar-refractivity contribution in [2.45, 2.75) is 39.3 Å². The highest BCUT2D eigenvalue weighted by Gasteiger charge is 2.15. The molecule has 0 saturated heterocycles. The van der Waals surface area contributed by atoms with Crippen LogP contribution in [0.15, 0.2) is 42.6 Å². The number of hydrogen-bond donors (Lipinski definition) is 0. The predicted octanol–water partition coefficient (Wildman–Crippen LogP) is 4.36. The molecule has 1 amide bonds. The molecule has 0 bridgehead atoms. The first-order valence-corrected chi connectivity index (χ1v) is 9.17. The highest BCUT2D eigenvalue weighted by molar-refractivity contribution is 6.30. The summed E-state index contributed by atoms with van der Waals surface area (Å²) in [6.45, 7) is 4.79.